The van der Waals surface area contributed by atoms with Crippen LogP contribution in [0.25, 0.3) is 11.4 Å². The second kappa shape index (κ2) is 5.57. The van der Waals surface area contributed by atoms with Crippen LogP contribution in [0.5, 0.6) is 0 Å². The smallest absolute Gasteiger partial charge is 0.358 e. The van der Waals surface area contributed by atoms with E-state index >= 15 is 0 Å². The fourth-order valence-electron chi connectivity index (χ4n) is 1.80. The van der Waals surface area contributed by atoms with Crippen LogP contribution in [-0.2, 0) is 4.74 Å². The molecule has 1 unspecified atom stereocenters. The lowest BCUT2D eigenvalue weighted by atomic mass is 10.2. The van der Waals surface area contributed by atoms with Crippen LogP contribution in [0.1, 0.15) is 23.5 Å². The van der Waals surface area contributed by atoms with Crippen LogP contribution in [0.4, 0.5) is 0 Å². The molecule has 0 amide bonds. The third-order valence-corrected chi connectivity index (χ3v) is 2.63. The van der Waals surface area contributed by atoms with Crippen LogP contribution in [0.15, 0.2) is 24.4 Å². The van der Waals surface area contributed by atoms with Crippen molar-refractivity contribution in [3.8, 4) is 11.4 Å². The zero-order chi connectivity index (χ0) is 13.8. The molecule has 1 N–H and O–H groups in total. The van der Waals surface area contributed by atoms with Crippen LogP contribution < -0.4 is 0 Å². The lowest BCUT2D eigenvalue weighted by Crippen LogP contribution is -2.14. The molecule has 2 aromatic heterocycles. The highest BCUT2D eigenvalue weighted by Gasteiger charge is 2.23. The van der Waals surface area contributed by atoms with E-state index in [0.29, 0.717) is 18.0 Å². The van der Waals surface area contributed by atoms with Gasteiger partial charge in [0.05, 0.1) is 18.3 Å². The number of methoxy groups -OCH3 is 1. The molecule has 2 heterocycles. The molecule has 7 nitrogen and oxygen atoms in total. The predicted molar refractivity (Wildman–Crippen MR) is 66.8 cm³/mol. The zero-order valence-electron chi connectivity index (χ0n) is 10.6. The van der Waals surface area contributed by atoms with Crippen molar-refractivity contribution in [2.75, 3.05) is 13.7 Å². The molecule has 0 aliphatic carbocycles. The molecule has 0 aliphatic rings. The van der Waals surface area contributed by atoms with E-state index in [9.17, 15) is 9.90 Å². The Bertz CT molecular complexity index is 568. The molecule has 0 aliphatic heterocycles. The van der Waals surface area contributed by atoms with Crippen LogP contribution in [0, 0.1) is 0 Å². The van der Waals surface area contributed by atoms with Crippen molar-refractivity contribution in [2.24, 2.45) is 0 Å². The molecule has 0 spiro atoms. The molecule has 0 fully saturated rings. The summed E-state index contributed by atoms with van der Waals surface area (Å²) < 4.78 is 6.59. The first-order chi connectivity index (χ1) is 9.15. The van der Waals surface area contributed by atoms with Gasteiger partial charge in [0.2, 0.25) is 0 Å². The molecule has 0 saturated carbocycles. The lowest BCUT2D eigenvalue weighted by Gasteiger charge is -2.13. The minimum atomic E-state index is -1.13. The largest absolute Gasteiger partial charge is 0.476 e. The summed E-state index contributed by atoms with van der Waals surface area (Å²) in [6.45, 7) is 2.28. The van der Waals surface area contributed by atoms with Crippen LogP contribution >= 0.6 is 0 Å². The molecule has 1 atom stereocenters. The van der Waals surface area contributed by atoms with Crippen LogP contribution in [-0.4, -0.2) is 44.8 Å². The van der Waals surface area contributed by atoms with Crippen molar-refractivity contribution in [2.45, 2.75) is 13.0 Å². The normalized spacial score (nSPS) is 12.3. The lowest BCUT2D eigenvalue weighted by molar-refractivity contribution is 0.0691. The third-order valence-electron chi connectivity index (χ3n) is 2.63. The second-order valence-electron chi connectivity index (χ2n) is 4.06. The Morgan fingerprint density at radius 3 is 2.89 bits per heavy atom. The Kier molecular flexibility index (Phi) is 3.86. The highest BCUT2D eigenvalue weighted by molar-refractivity contribution is 5.92. The van der Waals surface area contributed by atoms with Gasteiger partial charge in [-0.2, -0.15) is 0 Å². The number of hydrogen-bond donors (Lipinski definition) is 1. The maximum Gasteiger partial charge on any atom is 0.358 e. The number of aromatic nitrogens is 4. The highest BCUT2D eigenvalue weighted by atomic mass is 16.5. The van der Waals surface area contributed by atoms with Crippen LogP contribution in [0.2, 0.25) is 0 Å². The average Bonchev–Trinajstić information content (AvgIpc) is 2.85. The van der Waals surface area contributed by atoms with Crippen molar-refractivity contribution in [3.05, 3.63) is 30.1 Å². The molecular weight excluding hydrogens is 248 g/mol. The molecule has 0 radical (unpaired) electrons. The molecular formula is C12H14N4O3. The van der Waals surface area contributed by atoms with E-state index in [1.807, 2.05) is 6.92 Å². The summed E-state index contributed by atoms with van der Waals surface area (Å²) in [4.78, 5) is 15.4. The van der Waals surface area contributed by atoms with Gasteiger partial charge in [0.15, 0.2) is 5.69 Å². The summed E-state index contributed by atoms with van der Waals surface area (Å²) in [5, 5.41) is 16.8. The number of hydrogen-bond acceptors (Lipinski definition) is 5. The van der Waals surface area contributed by atoms with E-state index in [4.69, 9.17) is 4.74 Å². The van der Waals surface area contributed by atoms with Gasteiger partial charge in [-0.25, -0.2) is 9.48 Å². The molecule has 19 heavy (non-hydrogen) atoms. The standard InChI is InChI=1S/C12H14N4O3/c1-8(7-19-2)16-11(9-5-3-4-6-13-9)10(12(17)18)14-15-16/h3-6,8H,7H2,1-2H3,(H,17,18). The fraction of sp³-hybridized carbons (Fsp3) is 0.333. The first-order valence-electron chi connectivity index (χ1n) is 5.74. The number of aromatic carboxylic acids is 1. The number of nitrogens with zero attached hydrogens (tertiary/aromatic N) is 4. The first kappa shape index (κ1) is 13.2. The van der Waals surface area contributed by atoms with E-state index in [-0.39, 0.29) is 11.7 Å². The number of carbonyl (C=O) groups is 1. The van der Waals surface area contributed by atoms with E-state index < -0.39 is 5.97 Å². The van der Waals surface area contributed by atoms with Gasteiger partial charge in [-0.15, -0.1) is 5.10 Å². The molecule has 2 rings (SSSR count). The minimum absolute atomic E-state index is 0.110. The van der Waals surface area contributed by atoms with Gasteiger partial charge >= 0.3 is 5.97 Å². The van der Waals surface area contributed by atoms with E-state index in [1.54, 1.807) is 31.5 Å². The average molecular weight is 262 g/mol. The number of rotatable bonds is 5. The monoisotopic (exact) mass is 262 g/mol. The number of carboxylic acid groups (broad SMARTS) is 1. The summed E-state index contributed by atoms with van der Waals surface area (Å²) in [5.74, 6) is -1.13. The van der Waals surface area contributed by atoms with Crippen molar-refractivity contribution in [3.63, 3.8) is 0 Å². The quantitative estimate of drug-likeness (QED) is 0.872. The van der Waals surface area contributed by atoms with E-state index in [2.05, 4.69) is 15.3 Å². The number of carboxylic acids is 1. The summed E-state index contributed by atoms with van der Waals surface area (Å²) in [6, 6.07) is 5.13. The van der Waals surface area contributed by atoms with Crippen molar-refractivity contribution in [1.82, 2.24) is 20.0 Å². The van der Waals surface area contributed by atoms with Crippen LogP contribution in [0.3, 0.4) is 0 Å². The maximum atomic E-state index is 11.2. The Hall–Kier alpha value is -2.28. The van der Waals surface area contributed by atoms with Crippen molar-refractivity contribution < 1.29 is 14.6 Å². The molecule has 0 bridgehead atoms. The van der Waals surface area contributed by atoms with Gasteiger partial charge in [-0.05, 0) is 19.1 Å². The van der Waals surface area contributed by atoms with Gasteiger partial charge < -0.3 is 9.84 Å². The zero-order valence-corrected chi connectivity index (χ0v) is 10.6. The van der Waals surface area contributed by atoms with E-state index in [0.717, 1.165) is 0 Å². The molecule has 0 saturated heterocycles. The Labute approximate surface area is 109 Å². The molecule has 0 aromatic carbocycles. The first-order valence-corrected chi connectivity index (χ1v) is 5.74. The summed E-state index contributed by atoms with van der Waals surface area (Å²) in [6.07, 6.45) is 1.60. The minimum Gasteiger partial charge on any atom is -0.476 e. The van der Waals surface area contributed by atoms with Crippen molar-refractivity contribution >= 4 is 5.97 Å². The summed E-state index contributed by atoms with van der Waals surface area (Å²) in [7, 11) is 1.58. The SMILES string of the molecule is COCC(C)n1nnc(C(=O)O)c1-c1ccccn1. The van der Waals surface area contributed by atoms with Gasteiger partial charge in [0.25, 0.3) is 0 Å². The Morgan fingerprint density at radius 2 is 2.32 bits per heavy atom. The molecule has 100 valence electrons. The number of ether oxygens (including phenoxy) is 1. The molecule has 7 heteroatoms. The summed E-state index contributed by atoms with van der Waals surface area (Å²) >= 11 is 0. The Morgan fingerprint density at radius 1 is 1.53 bits per heavy atom. The Balaban J connectivity index is 2.54. The second-order valence-corrected chi connectivity index (χ2v) is 4.06. The van der Waals surface area contributed by atoms with Gasteiger partial charge in [-0.1, -0.05) is 11.3 Å². The predicted octanol–water partition coefficient (Wildman–Crippen LogP) is 1.25. The third kappa shape index (κ3) is 2.60. The van der Waals surface area contributed by atoms with Crippen molar-refractivity contribution in [1.29, 1.82) is 0 Å². The fourth-order valence-corrected chi connectivity index (χ4v) is 1.80. The summed E-state index contributed by atoms with van der Waals surface area (Å²) in [5.41, 5.74) is 0.798. The number of pyridine rings is 1. The maximum absolute atomic E-state index is 11.2. The van der Waals surface area contributed by atoms with Gasteiger partial charge in [0.1, 0.15) is 5.69 Å². The van der Waals surface area contributed by atoms with E-state index in [1.165, 1.54) is 4.68 Å². The molecule has 2 aromatic rings. The van der Waals surface area contributed by atoms with Gasteiger partial charge in [-0.3, -0.25) is 4.98 Å². The highest BCUT2D eigenvalue weighted by Crippen LogP contribution is 2.23. The van der Waals surface area contributed by atoms with Gasteiger partial charge in [0, 0.05) is 13.3 Å². The topological polar surface area (TPSA) is 90.1 Å².